The molecule has 1 aromatic carbocycles. The number of hydrogen-bond donors (Lipinski definition) is 1. The van der Waals surface area contributed by atoms with Gasteiger partial charge in [0.25, 0.3) is 5.91 Å². The van der Waals surface area contributed by atoms with Crippen LogP contribution in [0.1, 0.15) is 38.3 Å². The third kappa shape index (κ3) is 3.10. The topological polar surface area (TPSA) is 71.5 Å². The van der Waals surface area contributed by atoms with Gasteiger partial charge in [-0.05, 0) is 43.0 Å². The van der Waals surface area contributed by atoms with Gasteiger partial charge in [-0.25, -0.2) is 9.78 Å². The van der Waals surface area contributed by atoms with Crippen molar-refractivity contribution in [3.05, 3.63) is 35.3 Å². The summed E-state index contributed by atoms with van der Waals surface area (Å²) in [6, 6.07) is 7.39. The van der Waals surface area contributed by atoms with Gasteiger partial charge >= 0.3 is 6.03 Å². The first-order chi connectivity index (χ1) is 13.0. The van der Waals surface area contributed by atoms with E-state index in [1.165, 1.54) is 16.2 Å². The number of rotatable bonds is 4. The number of urea groups is 1. The first kappa shape index (κ1) is 18.0. The minimum Gasteiger partial charge on any atom is -0.497 e. The summed E-state index contributed by atoms with van der Waals surface area (Å²) >= 11 is 1.51. The zero-order chi connectivity index (χ0) is 19.0. The zero-order valence-corrected chi connectivity index (χ0v) is 16.3. The maximum absolute atomic E-state index is 13.1. The molecule has 0 radical (unpaired) electrons. The van der Waals surface area contributed by atoms with Crippen LogP contribution in [0.3, 0.4) is 0 Å². The number of hydrogen-bond acceptors (Lipinski definition) is 5. The molecule has 27 heavy (non-hydrogen) atoms. The Hall–Kier alpha value is -2.41. The maximum Gasteiger partial charge on any atom is 0.325 e. The Morgan fingerprint density at radius 1 is 1.30 bits per heavy atom. The molecule has 7 heteroatoms. The Morgan fingerprint density at radius 2 is 2.07 bits per heavy atom. The summed E-state index contributed by atoms with van der Waals surface area (Å²) in [6.45, 7) is 2.28. The van der Waals surface area contributed by atoms with Crippen molar-refractivity contribution in [1.82, 2.24) is 15.2 Å². The van der Waals surface area contributed by atoms with Gasteiger partial charge in [0.05, 0.1) is 19.3 Å². The van der Waals surface area contributed by atoms with Gasteiger partial charge in [-0.3, -0.25) is 9.69 Å². The molecule has 1 spiro atoms. The Balaban J connectivity index is 1.52. The molecule has 3 amide bonds. The first-order valence-electron chi connectivity index (χ1n) is 9.26. The van der Waals surface area contributed by atoms with Crippen LogP contribution >= 0.6 is 11.3 Å². The molecule has 2 atom stereocenters. The average Bonchev–Trinajstić information content (AvgIpc) is 3.24. The molecular weight excluding hydrogens is 362 g/mol. The molecule has 0 unspecified atom stereocenters. The Morgan fingerprint density at radius 3 is 2.78 bits per heavy atom. The lowest BCUT2D eigenvalue weighted by Crippen LogP contribution is -2.53. The highest BCUT2D eigenvalue weighted by Crippen LogP contribution is 2.38. The highest BCUT2D eigenvalue weighted by atomic mass is 32.1. The van der Waals surface area contributed by atoms with Crippen LogP contribution in [0.2, 0.25) is 0 Å². The highest BCUT2D eigenvalue weighted by Gasteiger charge is 2.54. The van der Waals surface area contributed by atoms with Crippen molar-refractivity contribution in [2.75, 3.05) is 7.11 Å². The lowest BCUT2D eigenvalue weighted by atomic mass is 9.73. The molecule has 142 valence electrons. The number of aromatic nitrogens is 1. The minimum atomic E-state index is -0.718. The van der Waals surface area contributed by atoms with E-state index in [0.29, 0.717) is 0 Å². The number of nitrogens with one attached hydrogen (secondary N) is 1. The quantitative estimate of drug-likeness (QED) is 0.812. The van der Waals surface area contributed by atoms with Crippen LogP contribution in [0.25, 0.3) is 10.6 Å². The molecule has 1 saturated carbocycles. The highest BCUT2D eigenvalue weighted by molar-refractivity contribution is 7.13. The number of benzene rings is 1. The van der Waals surface area contributed by atoms with Gasteiger partial charge in [0.1, 0.15) is 16.3 Å². The van der Waals surface area contributed by atoms with Crippen LogP contribution in [0, 0.1) is 5.92 Å². The molecule has 1 aliphatic heterocycles. The molecule has 1 saturated heterocycles. The molecule has 1 aliphatic carbocycles. The molecular formula is C20H23N3O3S. The summed E-state index contributed by atoms with van der Waals surface area (Å²) in [4.78, 5) is 31.5. The van der Waals surface area contributed by atoms with E-state index in [1.54, 1.807) is 7.11 Å². The SMILES string of the molecule is COc1ccc(-c2nc(CN3C(=O)N[C@]4(CCCC[C@H]4C)C3=O)cs2)cc1. The molecule has 2 fully saturated rings. The third-order valence-corrected chi connectivity index (χ3v) is 6.65. The van der Waals surface area contributed by atoms with E-state index in [2.05, 4.69) is 17.2 Å². The molecule has 0 bridgehead atoms. The van der Waals surface area contributed by atoms with Gasteiger partial charge in [0, 0.05) is 10.9 Å². The van der Waals surface area contributed by atoms with Gasteiger partial charge in [-0.2, -0.15) is 0 Å². The minimum absolute atomic E-state index is 0.0984. The number of carbonyl (C=O) groups is 2. The number of methoxy groups -OCH3 is 1. The summed E-state index contributed by atoms with van der Waals surface area (Å²) in [5, 5.41) is 5.76. The third-order valence-electron chi connectivity index (χ3n) is 5.71. The second kappa shape index (κ2) is 6.96. The summed E-state index contributed by atoms with van der Waals surface area (Å²) < 4.78 is 5.18. The predicted octanol–water partition coefficient (Wildman–Crippen LogP) is 3.82. The van der Waals surface area contributed by atoms with E-state index in [1.807, 2.05) is 29.6 Å². The van der Waals surface area contributed by atoms with Crippen LogP contribution in [0.5, 0.6) is 5.75 Å². The van der Waals surface area contributed by atoms with E-state index < -0.39 is 5.54 Å². The van der Waals surface area contributed by atoms with Crippen LogP contribution in [0.15, 0.2) is 29.6 Å². The molecule has 1 aromatic heterocycles. The van der Waals surface area contributed by atoms with Gasteiger partial charge in [0.2, 0.25) is 0 Å². The van der Waals surface area contributed by atoms with Gasteiger partial charge < -0.3 is 10.1 Å². The number of imide groups is 1. The second-order valence-electron chi connectivity index (χ2n) is 7.31. The molecule has 1 N–H and O–H groups in total. The fraction of sp³-hybridized carbons (Fsp3) is 0.450. The van der Waals surface area contributed by atoms with Crippen molar-refractivity contribution in [3.63, 3.8) is 0 Å². The van der Waals surface area contributed by atoms with E-state index in [-0.39, 0.29) is 24.4 Å². The molecule has 4 rings (SSSR count). The molecule has 6 nitrogen and oxygen atoms in total. The van der Waals surface area contributed by atoms with Crippen molar-refractivity contribution in [2.24, 2.45) is 5.92 Å². The number of carbonyl (C=O) groups excluding carboxylic acids is 2. The van der Waals surface area contributed by atoms with E-state index in [4.69, 9.17) is 4.74 Å². The van der Waals surface area contributed by atoms with Crippen molar-refractivity contribution < 1.29 is 14.3 Å². The lowest BCUT2D eigenvalue weighted by Gasteiger charge is -2.36. The normalized spacial score (nSPS) is 25.1. The van der Waals surface area contributed by atoms with E-state index >= 15 is 0 Å². The summed E-state index contributed by atoms with van der Waals surface area (Å²) in [6.07, 6.45) is 3.79. The maximum atomic E-state index is 13.1. The average molecular weight is 385 g/mol. The lowest BCUT2D eigenvalue weighted by molar-refractivity contribution is -0.134. The van der Waals surface area contributed by atoms with E-state index in [9.17, 15) is 9.59 Å². The van der Waals surface area contributed by atoms with E-state index in [0.717, 1.165) is 47.7 Å². The number of amides is 3. The van der Waals surface area contributed by atoms with Crippen LogP contribution in [0.4, 0.5) is 4.79 Å². The number of nitrogens with zero attached hydrogens (tertiary/aromatic N) is 2. The Labute approximate surface area is 162 Å². The van der Waals surface area contributed by atoms with Crippen LogP contribution in [-0.4, -0.2) is 34.5 Å². The van der Waals surface area contributed by atoms with Gasteiger partial charge in [-0.1, -0.05) is 19.8 Å². The summed E-state index contributed by atoms with van der Waals surface area (Å²) in [7, 11) is 1.63. The largest absolute Gasteiger partial charge is 0.497 e. The Bertz CT molecular complexity index is 864. The van der Waals surface area contributed by atoms with Gasteiger partial charge in [0.15, 0.2) is 0 Å². The molecule has 2 aromatic rings. The van der Waals surface area contributed by atoms with Crippen molar-refractivity contribution >= 4 is 23.3 Å². The van der Waals surface area contributed by atoms with Gasteiger partial charge in [-0.15, -0.1) is 11.3 Å². The molecule has 2 aliphatic rings. The predicted molar refractivity (Wildman–Crippen MR) is 104 cm³/mol. The summed E-state index contributed by atoms with van der Waals surface area (Å²) in [5.74, 6) is 0.860. The monoisotopic (exact) mass is 385 g/mol. The van der Waals surface area contributed by atoms with Crippen LogP contribution < -0.4 is 10.1 Å². The number of thiazole rings is 1. The van der Waals surface area contributed by atoms with Crippen molar-refractivity contribution in [1.29, 1.82) is 0 Å². The van der Waals surface area contributed by atoms with Crippen LogP contribution in [-0.2, 0) is 11.3 Å². The smallest absolute Gasteiger partial charge is 0.325 e. The first-order valence-corrected chi connectivity index (χ1v) is 10.1. The fourth-order valence-corrected chi connectivity index (χ4v) is 4.86. The fourth-order valence-electron chi connectivity index (χ4n) is 4.05. The second-order valence-corrected chi connectivity index (χ2v) is 8.17. The standard InChI is InChI=1S/C20H23N3O3S/c1-13-5-3-4-10-20(13)18(24)23(19(25)22-20)11-15-12-27-17(21-15)14-6-8-16(26-2)9-7-14/h6-9,12-13H,3-5,10-11H2,1-2H3,(H,22,25)/t13-,20+/m1/s1. The van der Waals surface area contributed by atoms with Crippen molar-refractivity contribution in [2.45, 2.75) is 44.7 Å². The Kier molecular flexibility index (Phi) is 4.63. The zero-order valence-electron chi connectivity index (χ0n) is 15.5. The summed E-state index contributed by atoms with van der Waals surface area (Å²) in [5.41, 5.74) is 1.00. The number of ether oxygens (including phenoxy) is 1. The van der Waals surface area contributed by atoms with Crippen molar-refractivity contribution in [3.8, 4) is 16.3 Å². The molecule has 2 heterocycles.